The fraction of sp³-hybridized carbons (Fsp3) is 0.333. The number of carbonyl (C=O) groups is 2. The van der Waals surface area contributed by atoms with Gasteiger partial charge >= 0.3 is 5.97 Å². The topological polar surface area (TPSA) is 140 Å². The normalized spacial score (nSPS) is 14.8. The minimum Gasteiger partial charge on any atom is -0.480 e. The predicted molar refractivity (Wildman–Crippen MR) is 84.4 cm³/mol. The molecule has 130 valence electrons. The molecule has 1 aliphatic carbocycles. The number of rotatable bonds is 6. The molecule has 1 atom stereocenters. The second kappa shape index (κ2) is 6.30. The standard InChI is InChI=1S/C15H15N5O5/c1-8-12(14(21)16-13(15(22)23)9-5-6-9)17-18-19(8)10-3-2-4-11(7-10)20(24)25/h2-4,7,9,13H,5-6H2,1H3,(H,16,21)(H,22,23). The summed E-state index contributed by atoms with van der Waals surface area (Å²) in [6, 6.07) is 4.81. The molecule has 2 aromatic rings. The summed E-state index contributed by atoms with van der Waals surface area (Å²) in [7, 11) is 0. The average Bonchev–Trinajstić information content (AvgIpc) is 3.34. The molecule has 0 saturated heterocycles. The number of non-ortho nitro benzene ring substituents is 1. The van der Waals surface area contributed by atoms with E-state index >= 15 is 0 Å². The van der Waals surface area contributed by atoms with Gasteiger partial charge in [-0.25, -0.2) is 9.48 Å². The lowest BCUT2D eigenvalue weighted by atomic mass is 10.2. The van der Waals surface area contributed by atoms with Crippen LogP contribution in [0.4, 0.5) is 5.69 Å². The number of hydrogen-bond donors (Lipinski definition) is 2. The highest BCUT2D eigenvalue weighted by atomic mass is 16.6. The van der Waals surface area contributed by atoms with E-state index in [0.29, 0.717) is 11.4 Å². The van der Waals surface area contributed by atoms with Gasteiger partial charge in [-0.1, -0.05) is 11.3 Å². The predicted octanol–water partition coefficient (Wildman–Crippen LogP) is 1.08. The summed E-state index contributed by atoms with van der Waals surface area (Å²) in [6.07, 6.45) is 1.52. The Morgan fingerprint density at radius 2 is 2.16 bits per heavy atom. The van der Waals surface area contributed by atoms with Gasteiger partial charge in [-0.05, 0) is 31.7 Å². The third-order valence-corrected chi connectivity index (χ3v) is 4.04. The van der Waals surface area contributed by atoms with Gasteiger partial charge in [0.1, 0.15) is 6.04 Å². The lowest BCUT2D eigenvalue weighted by Crippen LogP contribution is -2.42. The van der Waals surface area contributed by atoms with Crippen LogP contribution in [-0.2, 0) is 4.79 Å². The van der Waals surface area contributed by atoms with Crippen LogP contribution in [0.15, 0.2) is 24.3 Å². The molecular formula is C15H15N5O5. The number of nitro benzene ring substituents is 1. The van der Waals surface area contributed by atoms with E-state index < -0.39 is 22.8 Å². The largest absolute Gasteiger partial charge is 0.480 e. The molecule has 1 amide bonds. The maximum atomic E-state index is 12.3. The Hall–Kier alpha value is -3.30. The number of nitrogens with zero attached hydrogens (tertiary/aromatic N) is 4. The SMILES string of the molecule is Cc1c(C(=O)NC(C(=O)O)C2CC2)nnn1-c1cccc([N+](=O)[O-])c1. The van der Waals surface area contributed by atoms with Crippen molar-refractivity contribution in [3.8, 4) is 5.69 Å². The molecule has 1 aromatic carbocycles. The van der Waals surface area contributed by atoms with Crippen LogP contribution < -0.4 is 5.32 Å². The van der Waals surface area contributed by atoms with E-state index in [0.717, 1.165) is 12.8 Å². The molecule has 10 heteroatoms. The highest BCUT2D eigenvalue weighted by Crippen LogP contribution is 2.33. The summed E-state index contributed by atoms with van der Waals surface area (Å²) in [6.45, 7) is 1.58. The smallest absolute Gasteiger partial charge is 0.326 e. The fourth-order valence-electron chi connectivity index (χ4n) is 2.54. The van der Waals surface area contributed by atoms with E-state index in [4.69, 9.17) is 0 Å². The Bertz CT molecular complexity index is 858. The third kappa shape index (κ3) is 3.32. The highest BCUT2D eigenvalue weighted by Gasteiger charge is 2.38. The minimum absolute atomic E-state index is 0.0154. The van der Waals surface area contributed by atoms with Gasteiger partial charge in [0.2, 0.25) is 0 Å². The third-order valence-electron chi connectivity index (χ3n) is 4.04. The van der Waals surface area contributed by atoms with Crippen molar-refractivity contribution in [2.45, 2.75) is 25.8 Å². The maximum Gasteiger partial charge on any atom is 0.326 e. The quantitative estimate of drug-likeness (QED) is 0.589. The first-order valence-electron chi connectivity index (χ1n) is 7.59. The van der Waals surface area contributed by atoms with Crippen molar-refractivity contribution < 1.29 is 19.6 Å². The van der Waals surface area contributed by atoms with Crippen molar-refractivity contribution in [1.82, 2.24) is 20.3 Å². The summed E-state index contributed by atoms with van der Waals surface area (Å²) in [5.41, 5.74) is 0.615. The Morgan fingerprint density at radius 3 is 2.76 bits per heavy atom. The van der Waals surface area contributed by atoms with Crippen molar-refractivity contribution in [2.75, 3.05) is 0 Å². The van der Waals surface area contributed by atoms with Crippen LogP contribution in [0.5, 0.6) is 0 Å². The van der Waals surface area contributed by atoms with Gasteiger partial charge in [-0.2, -0.15) is 0 Å². The molecule has 1 fully saturated rings. The number of carboxylic acid groups (broad SMARTS) is 1. The first-order valence-corrected chi connectivity index (χ1v) is 7.59. The van der Waals surface area contributed by atoms with Crippen molar-refractivity contribution in [3.63, 3.8) is 0 Å². The molecule has 1 heterocycles. The first kappa shape index (κ1) is 16.6. The average molecular weight is 345 g/mol. The Labute approximate surface area is 141 Å². The Kier molecular flexibility index (Phi) is 4.17. The molecule has 10 nitrogen and oxygen atoms in total. The first-order chi connectivity index (χ1) is 11.9. The van der Waals surface area contributed by atoms with Crippen molar-refractivity contribution in [3.05, 3.63) is 45.8 Å². The molecule has 25 heavy (non-hydrogen) atoms. The molecule has 0 spiro atoms. The van der Waals surface area contributed by atoms with E-state index in [2.05, 4.69) is 15.6 Å². The highest BCUT2D eigenvalue weighted by molar-refractivity contribution is 5.96. The molecule has 1 aliphatic rings. The Morgan fingerprint density at radius 1 is 1.44 bits per heavy atom. The van der Waals surface area contributed by atoms with E-state index in [1.165, 1.54) is 22.9 Å². The minimum atomic E-state index is -1.08. The zero-order valence-electron chi connectivity index (χ0n) is 13.2. The zero-order chi connectivity index (χ0) is 18.1. The van der Waals surface area contributed by atoms with Crippen LogP contribution in [0, 0.1) is 23.0 Å². The maximum absolute atomic E-state index is 12.3. The van der Waals surface area contributed by atoms with E-state index in [-0.39, 0.29) is 17.3 Å². The number of benzene rings is 1. The summed E-state index contributed by atoms with van der Waals surface area (Å²) < 4.78 is 1.30. The number of amides is 1. The molecule has 1 saturated carbocycles. The van der Waals surface area contributed by atoms with Crippen LogP contribution in [0.25, 0.3) is 5.69 Å². The number of aliphatic carboxylic acids is 1. The Balaban J connectivity index is 1.85. The van der Waals surface area contributed by atoms with Crippen LogP contribution in [-0.4, -0.2) is 42.9 Å². The number of nitrogens with one attached hydrogen (secondary N) is 1. The number of carbonyl (C=O) groups excluding carboxylic acids is 1. The monoisotopic (exact) mass is 345 g/mol. The van der Waals surface area contributed by atoms with Crippen LogP contribution >= 0.6 is 0 Å². The molecule has 0 aliphatic heterocycles. The molecule has 0 bridgehead atoms. The van der Waals surface area contributed by atoms with Crippen LogP contribution in [0.1, 0.15) is 29.0 Å². The van der Waals surface area contributed by atoms with Gasteiger partial charge in [0, 0.05) is 12.1 Å². The molecule has 3 rings (SSSR count). The van der Waals surface area contributed by atoms with Crippen LogP contribution in [0.2, 0.25) is 0 Å². The molecule has 2 N–H and O–H groups in total. The summed E-state index contributed by atoms with van der Waals surface area (Å²) in [5, 5.41) is 30.2. The van der Waals surface area contributed by atoms with Crippen molar-refractivity contribution >= 4 is 17.6 Å². The summed E-state index contributed by atoms with van der Waals surface area (Å²) in [5.74, 6) is -1.78. The van der Waals surface area contributed by atoms with Crippen molar-refractivity contribution in [1.29, 1.82) is 0 Å². The number of aromatic nitrogens is 3. The number of hydrogen-bond acceptors (Lipinski definition) is 6. The lowest BCUT2D eigenvalue weighted by Gasteiger charge is -2.12. The second-order valence-electron chi connectivity index (χ2n) is 5.84. The van der Waals surface area contributed by atoms with Gasteiger partial charge in [0.15, 0.2) is 5.69 Å². The second-order valence-corrected chi connectivity index (χ2v) is 5.84. The molecular weight excluding hydrogens is 330 g/mol. The van der Waals surface area contributed by atoms with Gasteiger partial charge in [-0.15, -0.1) is 5.10 Å². The summed E-state index contributed by atoms with van der Waals surface area (Å²) in [4.78, 5) is 33.9. The van der Waals surface area contributed by atoms with E-state index in [1.807, 2.05) is 0 Å². The van der Waals surface area contributed by atoms with Gasteiger partial charge in [0.25, 0.3) is 11.6 Å². The zero-order valence-corrected chi connectivity index (χ0v) is 13.2. The van der Waals surface area contributed by atoms with Crippen LogP contribution in [0.3, 0.4) is 0 Å². The number of nitro groups is 1. The van der Waals surface area contributed by atoms with Gasteiger partial charge < -0.3 is 10.4 Å². The summed E-state index contributed by atoms with van der Waals surface area (Å²) >= 11 is 0. The lowest BCUT2D eigenvalue weighted by molar-refractivity contribution is -0.384. The van der Waals surface area contributed by atoms with E-state index in [1.54, 1.807) is 13.0 Å². The van der Waals surface area contributed by atoms with Crippen molar-refractivity contribution in [2.24, 2.45) is 5.92 Å². The van der Waals surface area contributed by atoms with Gasteiger partial charge in [-0.3, -0.25) is 14.9 Å². The number of carboxylic acids is 1. The molecule has 1 unspecified atom stereocenters. The van der Waals surface area contributed by atoms with E-state index in [9.17, 15) is 24.8 Å². The fourth-order valence-corrected chi connectivity index (χ4v) is 2.54. The molecule has 0 radical (unpaired) electrons. The molecule has 1 aromatic heterocycles. The van der Waals surface area contributed by atoms with Gasteiger partial charge in [0.05, 0.1) is 16.3 Å².